The van der Waals surface area contributed by atoms with E-state index in [1.54, 1.807) is 6.08 Å². The molecule has 18 heavy (non-hydrogen) atoms. The molecule has 0 spiro atoms. The maximum atomic E-state index is 11.8. The lowest BCUT2D eigenvalue weighted by Gasteiger charge is -2.10. The third-order valence-electron chi connectivity index (χ3n) is 1.69. The van der Waals surface area contributed by atoms with Crippen LogP contribution in [0.2, 0.25) is 0 Å². The van der Waals surface area contributed by atoms with Gasteiger partial charge in [-0.2, -0.15) is 0 Å². The van der Waals surface area contributed by atoms with E-state index in [9.17, 15) is 13.2 Å². The van der Waals surface area contributed by atoms with Crippen molar-refractivity contribution in [2.24, 2.45) is 0 Å². The van der Waals surface area contributed by atoms with E-state index in [4.69, 9.17) is 0 Å². The Morgan fingerprint density at radius 3 is 2.11 bits per heavy atom. The van der Waals surface area contributed by atoms with Crippen LogP contribution in [0.3, 0.4) is 0 Å². The van der Waals surface area contributed by atoms with Gasteiger partial charge in [-0.05, 0) is 37.8 Å². The van der Waals surface area contributed by atoms with E-state index in [0.717, 1.165) is 19.3 Å². The SMILES string of the molecule is CC.CCC.FC(F)(F)OC1=C/CCCC/C=C\1. The lowest BCUT2D eigenvalue weighted by molar-refractivity contribution is -0.303. The van der Waals surface area contributed by atoms with Gasteiger partial charge < -0.3 is 4.74 Å². The summed E-state index contributed by atoms with van der Waals surface area (Å²) < 4.78 is 39.1. The molecule has 0 saturated carbocycles. The zero-order chi connectivity index (χ0) is 14.4. The van der Waals surface area contributed by atoms with Crippen LogP contribution in [0, 0.1) is 0 Å². The van der Waals surface area contributed by atoms with Crippen LogP contribution in [-0.4, -0.2) is 6.36 Å². The van der Waals surface area contributed by atoms with Crippen molar-refractivity contribution >= 4 is 0 Å². The molecule has 0 N–H and O–H groups in total. The fourth-order valence-corrected chi connectivity index (χ4v) is 1.13. The van der Waals surface area contributed by atoms with Crippen molar-refractivity contribution < 1.29 is 17.9 Å². The first kappa shape index (κ1) is 19.4. The summed E-state index contributed by atoms with van der Waals surface area (Å²) in [4.78, 5) is 0. The number of allylic oxidation sites excluding steroid dienone is 3. The predicted octanol–water partition coefficient (Wildman–Crippen LogP) is 5.98. The third-order valence-corrected chi connectivity index (χ3v) is 1.69. The van der Waals surface area contributed by atoms with Crippen LogP contribution < -0.4 is 0 Å². The summed E-state index contributed by atoms with van der Waals surface area (Å²) in [5, 5.41) is 0. The number of hydrogen-bond acceptors (Lipinski definition) is 1. The molecule has 0 aromatic heterocycles. The van der Waals surface area contributed by atoms with Crippen molar-refractivity contribution in [3.63, 3.8) is 0 Å². The van der Waals surface area contributed by atoms with Crippen LogP contribution in [0.4, 0.5) is 13.2 Å². The van der Waals surface area contributed by atoms with Crippen LogP contribution in [0.5, 0.6) is 0 Å². The number of hydrogen-bond donors (Lipinski definition) is 0. The van der Waals surface area contributed by atoms with Crippen molar-refractivity contribution in [2.45, 2.75) is 66.2 Å². The third kappa shape index (κ3) is 15.1. The zero-order valence-corrected chi connectivity index (χ0v) is 11.8. The van der Waals surface area contributed by atoms with Crippen LogP contribution in [0.25, 0.3) is 0 Å². The van der Waals surface area contributed by atoms with Gasteiger partial charge in [0.2, 0.25) is 0 Å². The second kappa shape index (κ2) is 12.5. The Kier molecular flexibility index (Phi) is 13.5. The Hall–Kier alpha value is -0.930. The standard InChI is InChI=1S/C9H11F3O.C3H8.C2H6/c10-9(11,12)13-8-6-4-2-1-3-5-7-8;1-3-2;1-2/h4,6-7H,1-3,5H2;3H2,1-2H3;1-2H3/b6-4-,8-7+;;. The quantitative estimate of drug-likeness (QED) is 0.567. The normalized spacial score (nSPS) is 19.6. The molecule has 0 aliphatic heterocycles. The highest BCUT2D eigenvalue weighted by Gasteiger charge is 2.31. The molecule has 0 bridgehead atoms. The number of alkyl halides is 3. The molecule has 0 heterocycles. The highest BCUT2D eigenvalue weighted by molar-refractivity contribution is 5.13. The van der Waals surface area contributed by atoms with E-state index in [1.165, 1.54) is 18.6 Å². The molecule has 1 aliphatic rings. The predicted molar refractivity (Wildman–Crippen MR) is 70.1 cm³/mol. The Balaban J connectivity index is 0. The van der Waals surface area contributed by atoms with E-state index >= 15 is 0 Å². The smallest absolute Gasteiger partial charge is 0.406 e. The van der Waals surface area contributed by atoms with Gasteiger partial charge in [0.1, 0.15) is 5.76 Å². The average molecular weight is 266 g/mol. The maximum absolute atomic E-state index is 11.8. The molecule has 0 aromatic carbocycles. The molecule has 0 amide bonds. The lowest BCUT2D eigenvalue weighted by atomic mass is 10.1. The average Bonchev–Trinajstić information content (AvgIpc) is 2.24. The van der Waals surface area contributed by atoms with Gasteiger partial charge in [-0.1, -0.05) is 40.2 Å². The first-order valence-corrected chi connectivity index (χ1v) is 6.62. The molecule has 0 unspecified atom stereocenters. The maximum Gasteiger partial charge on any atom is 0.573 e. The Bertz CT molecular complexity index is 230. The Morgan fingerprint density at radius 1 is 1.11 bits per heavy atom. The van der Waals surface area contributed by atoms with Crippen molar-refractivity contribution in [3.05, 3.63) is 24.0 Å². The minimum Gasteiger partial charge on any atom is -0.406 e. The van der Waals surface area contributed by atoms with Crippen LogP contribution in [0.1, 0.15) is 59.8 Å². The second-order valence-corrected chi connectivity index (χ2v) is 3.55. The monoisotopic (exact) mass is 266 g/mol. The summed E-state index contributed by atoms with van der Waals surface area (Å²) in [5.74, 6) is -0.0906. The largest absolute Gasteiger partial charge is 0.573 e. The van der Waals surface area contributed by atoms with Crippen molar-refractivity contribution in [2.75, 3.05) is 0 Å². The first-order valence-electron chi connectivity index (χ1n) is 6.62. The van der Waals surface area contributed by atoms with Gasteiger partial charge in [0.05, 0.1) is 0 Å². The molecular formula is C14H25F3O. The zero-order valence-electron chi connectivity index (χ0n) is 11.8. The van der Waals surface area contributed by atoms with Crippen LogP contribution in [-0.2, 0) is 4.74 Å². The Morgan fingerprint density at radius 2 is 1.61 bits per heavy atom. The summed E-state index contributed by atoms with van der Waals surface area (Å²) >= 11 is 0. The minimum absolute atomic E-state index is 0.0906. The summed E-state index contributed by atoms with van der Waals surface area (Å²) in [6.45, 7) is 8.25. The number of ether oxygens (including phenoxy) is 1. The molecule has 0 saturated heterocycles. The molecule has 0 aromatic rings. The molecule has 0 radical (unpaired) electrons. The van der Waals surface area contributed by atoms with Gasteiger partial charge in [0.25, 0.3) is 0 Å². The summed E-state index contributed by atoms with van der Waals surface area (Å²) in [6, 6.07) is 0. The molecule has 108 valence electrons. The number of rotatable bonds is 1. The van der Waals surface area contributed by atoms with E-state index in [-0.39, 0.29) is 5.76 Å². The van der Waals surface area contributed by atoms with Gasteiger partial charge in [0, 0.05) is 0 Å². The Labute approximate surface area is 109 Å². The van der Waals surface area contributed by atoms with E-state index in [0.29, 0.717) is 6.42 Å². The molecule has 1 aliphatic carbocycles. The summed E-state index contributed by atoms with van der Waals surface area (Å²) in [7, 11) is 0. The van der Waals surface area contributed by atoms with Crippen molar-refractivity contribution in [1.29, 1.82) is 0 Å². The molecule has 4 heteroatoms. The highest BCUT2D eigenvalue weighted by Crippen LogP contribution is 2.23. The fourth-order valence-electron chi connectivity index (χ4n) is 1.13. The molecule has 0 fully saturated rings. The molecule has 1 rings (SSSR count). The van der Waals surface area contributed by atoms with E-state index in [2.05, 4.69) is 18.6 Å². The number of halogens is 3. The highest BCUT2D eigenvalue weighted by atomic mass is 19.4. The fraction of sp³-hybridized carbons (Fsp3) is 0.714. The van der Waals surface area contributed by atoms with Gasteiger partial charge in [-0.25, -0.2) is 0 Å². The van der Waals surface area contributed by atoms with Crippen LogP contribution in [0.15, 0.2) is 24.0 Å². The van der Waals surface area contributed by atoms with Gasteiger partial charge in [0.15, 0.2) is 0 Å². The van der Waals surface area contributed by atoms with E-state index < -0.39 is 6.36 Å². The molecule has 0 atom stereocenters. The lowest BCUT2D eigenvalue weighted by Crippen LogP contribution is -2.12. The van der Waals surface area contributed by atoms with Gasteiger partial charge >= 0.3 is 6.36 Å². The van der Waals surface area contributed by atoms with Crippen molar-refractivity contribution in [1.82, 2.24) is 0 Å². The first-order chi connectivity index (χ1) is 8.49. The van der Waals surface area contributed by atoms with Crippen molar-refractivity contribution in [3.8, 4) is 0 Å². The molecular weight excluding hydrogens is 241 g/mol. The minimum atomic E-state index is -4.57. The topological polar surface area (TPSA) is 9.23 Å². The van der Waals surface area contributed by atoms with Crippen LogP contribution >= 0.6 is 0 Å². The molecule has 1 nitrogen and oxygen atoms in total. The summed E-state index contributed by atoms with van der Waals surface area (Å²) in [6.07, 6.45) is 4.64. The summed E-state index contributed by atoms with van der Waals surface area (Å²) in [5.41, 5.74) is 0. The van der Waals surface area contributed by atoms with Gasteiger partial charge in [-0.15, -0.1) is 13.2 Å². The van der Waals surface area contributed by atoms with Gasteiger partial charge in [-0.3, -0.25) is 0 Å². The second-order valence-electron chi connectivity index (χ2n) is 3.55. The van der Waals surface area contributed by atoms with E-state index in [1.807, 2.05) is 13.8 Å².